The smallest absolute Gasteiger partial charge is 0.336 e. The summed E-state index contributed by atoms with van der Waals surface area (Å²) in [6, 6.07) is 13.1. The van der Waals surface area contributed by atoms with Crippen LogP contribution in [0, 0.1) is 11.3 Å². The number of ether oxygens (including phenoxy) is 1. The standard InChI is InChI=1S/C20H15ClN2O4/c1-2-12-7-20(25)27-18-9-15(5-6-16(12)18)26-11-19(24)23-17-8-14(21)4-3-13(17)10-22/h3-9H,2,11H2,1H3,(H,23,24). The van der Waals surface area contributed by atoms with Crippen LogP contribution < -0.4 is 15.7 Å². The van der Waals surface area contributed by atoms with Gasteiger partial charge in [-0.3, -0.25) is 4.79 Å². The fourth-order valence-corrected chi connectivity index (χ4v) is 2.82. The summed E-state index contributed by atoms with van der Waals surface area (Å²) in [5, 5.41) is 12.9. The van der Waals surface area contributed by atoms with Gasteiger partial charge in [0.05, 0.1) is 11.3 Å². The summed E-state index contributed by atoms with van der Waals surface area (Å²) in [6.45, 7) is 1.68. The van der Waals surface area contributed by atoms with Gasteiger partial charge in [0.15, 0.2) is 6.61 Å². The van der Waals surface area contributed by atoms with Gasteiger partial charge in [-0.25, -0.2) is 4.79 Å². The lowest BCUT2D eigenvalue weighted by Gasteiger charge is -2.10. The summed E-state index contributed by atoms with van der Waals surface area (Å²) in [5.41, 5.74) is 1.47. The van der Waals surface area contributed by atoms with Gasteiger partial charge in [0, 0.05) is 22.5 Å². The van der Waals surface area contributed by atoms with E-state index < -0.39 is 11.5 Å². The zero-order valence-corrected chi connectivity index (χ0v) is 15.2. The molecule has 1 aromatic heterocycles. The maximum Gasteiger partial charge on any atom is 0.336 e. The Hall–Kier alpha value is -3.30. The van der Waals surface area contributed by atoms with Gasteiger partial charge in [0.2, 0.25) is 0 Å². The van der Waals surface area contributed by atoms with E-state index in [2.05, 4.69) is 5.32 Å². The second-order valence-electron chi connectivity index (χ2n) is 5.74. The molecule has 0 unspecified atom stereocenters. The summed E-state index contributed by atoms with van der Waals surface area (Å²) < 4.78 is 10.7. The van der Waals surface area contributed by atoms with Crippen molar-refractivity contribution in [3.05, 3.63) is 69.0 Å². The van der Waals surface area contributed by atoms with E-state index in [1.54, 1.807) is 24.3 Å². The Morgan fingerprint density at radius 3 is 2.81 bits per heavy atom. The molecule has 0 aliphatic rings. The molecule has 2 aromatic carbocycles. The van der Waals surface area contributed by atoms with Crippen molar-refractivity contribution in [3.63, 3.8) is 0 Å². The third-order valence-electron chi connectivity index (χ3n) is 3.93. The number of hydrogen-bond donors (Lipinski definition) is 1. The van der Waals surface area contributed by atoms with Crippen molar-refractivity contribution < 1.29 is 13.9 Å². The predicted molar refractivity (Wildman–Crippen MR) is 102 cm³/mol. The van der Waals surface area contributed by atoms with Crippen LogP contribution in [0.5, 0.6) is 5.75 Å². The van der Waals surface area contributed by atoms with E-state index in [1.807, 2.05) is 13.0 Å². The number of carbonyl (C=O) groups is 1. The molecule has 0 atom stereocenters. The Morgan fingerprint density at radius 1 is 1.26 bits per heavy atom. The number of amides is 1. The average molecular weight is 383 g/mol. The Labute approximate surface area is 159 Å². The van der Waals surface area contributed by atoms with Gasteiger partial charge in [-0.15, -0.1) is 0 Å². The Morgan fingerprint density at radius 2 is 2.07 bits per heavy atom. The van der Waals surface area contributed by atoms with Crippen molar-refractivity contribution in [1.29, 1.82) is 5.26 Å². The van der Waals surface area contributed by atoms with E-state index in [-0.39, 0.29) is 6.61 Å². The predicted octanol–water partition coefficient (Wildman–Crippen LogP) is 3.90. The first kappa shape index (κ1) is 18.5. The highest BCUT2D eigenvalue weighted by Crippen LogP contribution is 2.23. The number of nitriles is 1. The highest BCUT2D eigenvalue weighted by molar-refractivity contribution is 6.31. The number of aryl methyl sites for hydroxylation is 1. The van der Waals surface area contributed by atoms with E-state index in [1.165, 1.54) is 18.2 Å². The van der Waals surface area contributed by atoms with Crippen LogP contribution in [0.15, 0.2) is 51.7 Å². The SMILES string of the molecule is CCc1cc(=O)oc2cc(OCC(=O)Nc3cc(Cl)ccc3C#N)ccc12. The monoisotopic (exact) mass is 382 g/mol. The number of fused-ring (bicyclic) bond motifs is 1. The molecule has 0 saturated heterocycles. The molecule has 0 spiro atoms. The lowest BCUT2D eigenvalue weighted by atomic mass is 10.1. The molecule has 1 amide bonds. The van der Waals surface area contributed by atoms with Gasteiger partial charge in [-0.05, 0) is 42.3 Å². The molecule has 1 heterocycles. The number of hydrogen-bond acceptors (Lipinski definition) is 5. The summed E-state index contributed by atoms with van der Waals surface area (Å²) in [5.74, 6) is -0.0571. The number of anilines is 1. The number of rotatable bonds is 5. The summed E-state index contributed by atoms with van der Waals surface area (Å²) >= 11 is 5.90. The molecular formula is C20H15ClN2O4. The van der Waals surface area contributed by atoms with Crippen LogP contribution in [0.25, 0.3) is 11.0 Å². The number of halogens is 1. The topological polar surface area (TPSA) is 92.3 Å². The third-order valence-corrected chi connectivity index (χ3v) is 4.16. The normalized spacial score (nSPS) is 10.4. The summed E-state index contributed by atoms with van der Waals surface area (Å²) in [7, 11) is 0. The van der Waals surface area contributed by atoms with Crippen molar-refractivity contribution in [1.82, 2.24) is 0 Å². The van der Waals surface area contributed by atoms with Crippen LogP contribution in [0.1, 0.15) is 18.1 Å². The molecule has 6 nitrogen and oxygen atoms in total. The minimum atomic E-state index is -0.447. The van der Waals surface area contributed by atoms with Gasteiger partial charge >= 0.3 is 5.63 Å². The molecule has 136 valence electrons. The number of nitrogens with zero attached hydrogens (tertiary/aromatic N) is 1. The fraction of sp³-hybridized carbons (Fsp3) is 0.150. The second kappa shape index (κ2) is 7.94. The van der Waals surface area contributed by atoms with Gasteiger partial charge in [0.1, 0.15) is 17.4 Å². The number of benzene rings is 2. The molecule has 3 rings (SSSR count). The molecule has 1 N–H and O–H groups in total. The van der Waals surface area contributed by atoms with Gasteiger partial charge in [-0.2, -0.15) is 5.26 Å². The first-order valence-electron chi connectivity index (χ1n) is 8.19. The minimum absolute atomic E-state index is 0.277. The van der Waals surface area contributed by atoms with Crippen LogP contribution in [-0.4, -0.2) is 12.5 Å². The van der Waals surface area contributed by atoms with Crippen LogP contribution >= 0.6 is 11.6 Å². The first-order chi connectivity index (χ1) is 13.0. The Kier molecular flexibility index (Phi) is 5.43. The fourth-order valence-electron chi connectivity index (χ4n) is 2.65. The van der Waals surface area contributed by atoms with Crippen LogP contribution in [0.2, 0.25) is 5.02 Å². The second-order valence-corrected chi connectivity index (χ2v) is 6.18. The van der Waals surface area contributed by atoms with Crippen molar-refractivity contribution in [2.24, 2.45) is 0 Å². The zero-order chi connectivity index (χ0) is 19.4. The van der Waals surface area contributed by atoms with Gasteiger partial charge < -0.3 is 14.5 Å². The first-order valence-corrected chi connectivity index (χ1v) is 8.57. The van der Waals surface area contributed by atoms with Gasteiger partial charge in [0.25, 0.3) is 5.91 Å². The van der Waals surface area contributed by atoms with Crippen molar-refractivity contribution >= 4 is 34.2 Å². The average Bonchev–Trinajstić information content (AvgIpc) is 2.65. The number of nitrogens with one attached hydrogen (secondary N) is 1. The molecule has 0 aliphatic heterocycles. The van der Waals surface area contributed by atoms with E-state index in [4.69, 9.17) is 26.0 Å². The lowest BCUT2D eigenvalue weighted by molar-refractivity contribution is -0.118. The maximum absolute atomic E-state index is 12.1. The largest absolute Gasteiger partial charge is 0.484 e. The highest BCUT2D eigenvalue weighted by atomic mass is 35.5. The molecule has 27 heavy (non-hydrogen) atoms. The minimum Gasteiger partial charge on any atom is -0.484 e. The molecule has 0 saturated carbocycles. The van der Waals surface area contributed by atoms with Crippen LogP contribution in [0.4, 0.5) is 5.69 Å². The Balaban J connectivity index is 1.73. The third kappa shape index (κ3) is 4.27. The molecule has 3 aromatic rings. The Bertz CT molecular complexity index is 1120. The van der Waals surface area contributed by atoms with Crippen molar-refractivity contribution in [2.45, 2.75) is 13.3 Å². The molecule has 0 bridgehead atoms. The molecular weight excluding hydrogens is 368 g/mol. The van der Waals surface area contributed by atoms with E-state index in [9.17, 15) is 9.59 Å². The maximum atomic E-state index is 12.1. The lowest BCUT2D eigenvalue weighted by Crippen LogP contribution is -2.20. The van der Waals surface area contributed by atoms with E-state index in [0.717, 1.165) is 10.9 Å². The summed E-state index contributed by atoms with van der Waals surface area (Å²) in [6.07, 6.45) is 0.700. The summed E-state index contributed by atoms with van der Waals surface area (Å²) in [4.78, 5) is 23.7. The molecule has 0 radical (unpaired) electrons. The van der Waals surface area contributed by atoms with E-state index in [0.29, 0.717) is 34.0 Å². The number of carbonyl (C=O) groups excluding carboxylic acids is 1. The highest BCUT2D eigenvalue weighted by Gasteiger charge is 2.10. The van der Waals surface area contributed by atoms with Gasteiger partial charge in [-0.1, -0.05) is 18.5 Å². The molecule has 0 fully saturated rings. The van der Waals surface area contributed by atoms with Crippen molar-refractivity contribution in [2.75, 3.05) is 11.9 Å². The van der Waals surface area contributed by atoms with Crippen LogP contribution in [-0.2, 0) is 11.2 Å². The van der Waals surface area contributed by atoms with Crippen LogP contribution in [0.3, 0.4) is 0 Å². The quantitative estimate of drug-likeness (QED) is 0.675. The van der Waals surface area contributed by atoms with Crippen molar-refractivity contribution in [3.8, 4) is 11.8 Å². The van der Waals surface area contributed by atoms with E-state index >= 15 is 0 Å². The zero-order valence-electron chi connectivity index (χ0n) is 14.4. The molecule has 7 heteroatoms. The molecule has 0 aliphatic carbocycles.